The van der Waals surface area contributed by atoms with Gasteiger partial charge >= 0.3 is 0 Å². The molecule has 1 aromatic heterocycles. The number of phenols is 1. The molecule has 0 unspecified atom stereocenters. The zero-order valence-corrected chi connectivity index (χ0v) is 14.9. The summed E-state index contributed by atoms with van der Waals surface area (Å²) < 4.78 is 14.6. The van der Waals surface area contributed by atoms with Crippen molar-refractivity contribution in [3.63, 3.8) is 0 Å². The molecule has 0 spiro atoms. The molecule has 1 amide bonds. The maximum atomic E-state index is 13.2. The number of hydrogen-bond donors (Lipinski definition) is 2. The Balaban J connectivity index is 2.25. The van der Waals surface area contributed by atoms with Gasteiger partial charge in [0.05, 0.1) is 17.0 Å². The van der Waals surface area contributed by atoms with Gasteiger partial charge in [-0.05, 0) is 48.9 Å². The zero-order valence-electron chi connectivity index (χ0n) is 14.1. The van der Waals surface area contributed by atoms with Gasteiger partial charge in [-0.1, -0.05) is 11.6 Å². The van der Waals surface area contributed by atoms with Crippen molar-refractivity contribution in [1.82, 2.24) is 9.88 Å². The van der Waals surface area contributed by atoms with Crippen molar-refractivity contribution in [2.24, 2.45) is 0 Å². The molecule has 26 heavy (non-hydrogen) atoms. The van der Waals surface area contributed by atoms with Crippen LogP contribution < -0.4 is 5.32 Å². The van der Waals surface area contributed by atoms with Crippen LogP contribution in [0.4, 0.5) is 4.39 Å². The average Bonchev–Trinajstić information content (AvgIpc) is 2.87. The van der Waals surface area contributed by atoms with Crippen LogP contribution in [0.3, 0.4) is 0 Å². The maximum Gasteiger partial charge on any atom is 0.262 e. The Labute approximate surface area is 154 Å². The lowest BCUT2D eigenvalue weighted by atomic mass is 10.1. The van der Waals surface area contributed by atoms with Crippen molar-refractivity contribution in [3.05, 3.63) is 64.1 Å². The number of phenolic OH excluding ortho intramolecular Hbond substituents is 1. The first-order valence-corrected chi connectivity index (χ1v) is 8.24. The monoisotopic (exact) mass is 374 g/mol. The highest BCUT2D eigenvalue weighted by atomic mass is 35.5. The number of likely N-dealkylation sites (N-methyl/N-ethyl adjacent to an activating group) is 1. The van der Waals surface area contributed by atoms with Crippen LogP contribution in [0.15, 0.2) is 36.4 Å². The van der Waals surface area contributed by atoms with Gasteiger partial charge in [0.1, 0.15) is 11.6 Å². The zero-order chi connectivity index (χ0) is 19.0. The number of benzene rings is 2. The standard InChI is InChI=1S/C19H16ClFN2O3/c1-10-13(8-18(25)22-2)14-7-17(24)15(20)9-16(14)23(10)19(26)11-3-5-12(21)6-4-11/h3-7,9,24H,8H2,1-2H3,(H,22,25). The molecule has 5 nitrogen and oxygen atoms in total. The van der Waals surface area contributed by atoms with E-state index in [0.717, 1.165) is 0 Å². The number of halogens is 2. The molecule has 0 fully saturated rings. The Hall–Kier alpha value is -2.86. The molecule has 0 saturated heterocycles. The largest absolute Gasteiger partial charge is 0.506 e. The SMILES string of the molecule is CNC(=O)Cc1c(C)n(C(=O)c2ccc(F)cc2)c2cc(Cl)c(O)cc12. The third-order valence-electron chi connectivity index (χ3n) is 4.31. The molecular formula is C19H16ClFN2O3. The lowest BCUT2D eigenvalue weighted by Gasteiger charge is -2.08. The molecular weight excluding hydrogens is 359 g/mol. The Morgan fingerprint density at radius 1 is 1.23 bits per heavy atom. The summed E-state index contributed by atoms with van der Waals surface area (Å²) in [6.07, 6.45) is 0.0452. The summed E-state index contributed by atoms with van der Waals surface area (Å²) >= 11 is 6.02. The second-order valence-electron chi connectivity index (χ2n) is 5.88. The molecule has 7 heteroatoms. The van der Waals surface area contributed by atoms with Crippen LogP contribution in [0.5, 0.6) is 5.75 Å². The Kier molecular flexibility index (Phi) is 4.70. The number of nitrogens with one attached hydrogen (secondary N) is 1. The van der Waals surface area contributed by atoms with Crippen LogP contribution in [0, 0.1) is 12.7 Å². The van der Waals surface area contributed by atoms with Crippen molar-refractivity contribution in [2.45, 2.75) is 13.3 Å². The summed E-state index contributed by atoms with van der Waals surface area (Å²) in [5.41, 5.74) is 1.93. The van der Waals surface area contributed by atoms with E-state index in [9.17, 15) is 19.1 Å². The predicted octanol–water partition coefficient (Wildman–Crippen LogP) is 3.42. The molecule has 0 aliphatic carbocycles. The molecule has 3 rings (SSSR count). The van der Waals surface area contributed by atoms with Crippen molar-refractivity contribution >= 4 is 34.3 Å². The minimum Gasteiger partial charge on any atom is -0.506 e. The summed E-state index contributed by atoms with van der Waals surface area (Å²) in [5.74, 6) is -1.18. The third kappa shape index (κ3) is 3.04. The molecule has 2 N–H and O–H groups in total. The minimum absolute atomic E-state index is 0.0452. The van der Waals surface area contributed by atoms with Gasteiger partial charge in [-0.25, -0.2) is 4.39 Å². The van der Waals surface area contributed by atoms with Gasteiger partial charge in [-0.3, -0.25) is 14.2 Å². The van der Waals surface area contributed by atoms with E-state index in [2.05, 4.69) is 5.32 Å². The summed E-state index contributed by atoms with van der Waals surface area (Å²) in [6, 6.07) is 8.12. The summed E-state index contributed by atoms with van der Waals surface area (Å²) in [6.45, 7) is 1.71. The van der Waals surface area contributed by atoms with E-state index in [1.165, 1.54) is 48.0 Å². The third-order valence-corrected chi connectivity index (χ3v) is 4.62. The van der Waals surface area contributed by atoms with Crippen LogP contribution in [0.1, 0.15) is 21.6 Å². The Morgan fingerprint density at radius 2 is 1.88 bits per heavy atom. The second-order valence-corrected chi connectivity index (χ2v) is 6.29. The summed E-state index contributed by atoms with van der Waals surface area (Å²) in [7, 11) is 1.52. The number of rotatable bonds is 3. The number of hydrogen-bond acceptors (Lipinski definition) is 3. The molecule has 134 valence electrons. The fraction of sp³-hybridized carbons (Fsp3) is 0.158. The number of nitrogens with zero attached hydrogens (tertiary/aromatic N) is 1. The van der Waals surface area contributed by atoms with E-state index in [4.69, 9.17) is 11.6 Å². The first-order chi connectivity index (χ1) is 12.3. The van der Waals surface area contributed by atoms with E-state index in [1.54, 1.807) is 6.92 Å². The smallest absolute Gasteiger partial charge is 0.262 e. The van der Waals surface area contributed by atoms with Crippen molar-refractivity contribution in [2.75, 3.05) is 7.05 Å². The van der Waals surface area contributed by atoms with Crippen LogP contribution in [0.25, 0.3) is 10.9 Å². The van der Waals surface area contributed by atoms with Crippen LogP contribution in [-0.2, 0) is 11.2 Å². The van der Waals surface area contributed by atoms with E-state index in [0.29, 0.717) is 27.7 Å². The second kappa shape index (κ2) is 6.80. The Morgan fingerprint density at radius 3 is 2.50 bits per heavy atom. The molecule has 1 heterocycles. The predicted molar refractivity (Wildman–Crippen MR) is 97.2 cm³/mol. The first-order valence-electron chi connectivity index (χ1n) is 7.86. The lowest BCUT2D eigenvalue weighted by molar-refractivity contribution is -0.119. The molecule has 0 bridgehead atoms. The van der Waals surface area contributed by atoms with Crippen LogP contribution >= 0.6 is 11.6 Å². The van der Waals surface area contributed by atoms with Gasteiger partial charge in [-0.15, -0.1) is 0 Å². The fourth-order valence-corrected chi connectivity index (χ4v) is 3.10. The normalized spacial score (nSPS) is 10.9. The molecule has 0 aliphatic rings. The van der Waals surface area contributed by atoms with Crippen molar-refractivity contribution in [1.29, 1.82) is 0 Å². The van der Waals surface area contributed by atoms with E-state index < -0.39 is 5.82 Å². The van der Waals surface area contributed by atoms with Gasteiger partial charge in [0.25, 0.3) is 5.91 Å². The van der Waals surface area contributed by atoms with Crippen molar-refractivity contribution in [3.8, 4) is 5.75 Å². The number of aromatic hydroxyl groups is 1. The number of fused-ring (bicyclic) bond motifs is 1. The number of aromatic nitrogens is 1. The highest BCUT2D eigenvalue weighted by Crippen LogP contribution is 2.34. The molecule has 0 saturated carbocycles. The highest BCUT2D eigenvalue weighted by molar-refractivity contribution is 6.33. The number of carbonyl (C=O) groups is 2. The van der Waals surface area contributed by atoms with E-state index in [-0.39, 0.29) is 29.0 Å². The van der Waals surface area contributed by atoms with Gasteiger partial charge < -0.3 is 10.4 Å². The first kappa shape index (κ1) is 17.9. The van der Waals surface area contributed by atoms with E-state index >= 15 is 0 Å². The quantitative estimate of drug-likeness (QED) is 0.737. The van der Waals surface area contributed by atoms with Crippen LogP contribution in [0.2, 0.25) is 5.02 Å². The number of carbonyl (C=O) groups excluding carboxylic acids is 2. The topological polar surface area (TPSA) is 71.3 Å². The molecule has 0 atom stereocenters. The van der Waals surface area contributed by atoms with E-state index in [1.807, 2.05) is 0 Å². The van der Waals surface area contributed by atoms with Gasteiger partial charge in [0.2, 0.25) is 5.91 Å². The Bertz CT molecular complexity index is 1030. The van der Waals surface area contributed by atoms with Crippen molar-refractivity contribution < 1.29 is 19.1 Å². The minimum atomic E-state index is -0.441. The van der Waals surface area contributed by atoms with Crippen LogP contribution in [-0.4, -0.2) is 28.5 Å². The maximum absolute atomic E-state index is 13.2. The van der Waals surface area contributed by atoms with Gasteiger partial charge in [0.15, 0.2) is 0 Å². The number of amides is 1. The lowest BCUT2D eigenvalue weighted by Crippen LogP contribution is -2.20. The molecule has 3 aromatic rings. The molecule has 2 aromatic carbocycles. The average molecular weight is 375 g/mol. The molecule has 0 radical (unpaired) electrons. The fourth-order valence-electron chi connectivity index (χ4n) is 2.94. The van der Waals surface area contributed by atoms with Gasteiger partial charge in [0, 0.05) is 23.7 Å². The summed E-state index contributed by atoms with van der Waals surface area (Å²) in [4.78, 5) is 24.9. The van der Waals surface area contributed by atoms with Gasteiger partial charge in [-0.2, -0.15) is 0 Å². The summed E-state index contributed by atoms with van der Waals surface area (Å²) in [5, 5.41) is 13.1. The molecule has 0 aliphatic heterocycles. The highest BCUT2D eigenvalue weighted by Gasteiger charge is 2.22.